The summed E-state index contributed by atoms with van der Waals surface area (Å²) in [5.41, 5.74) is 1.86. The number of hydrogen-bond donors (Lipinski definition) is 1. The molecule has 0 unspecified atom stereocenters. The Morgan fingerprint density at radius 3 is 2.27 bits per heavy atom. The van der Waals surface area contributed by atoms with E-state index in [1.165, 1.54) is 0 Å². The van der Waals surface area contributed by atoms with Crippen LogP contribution in [0.5, 0.6) is 11.5 Å². The fourth-order valence-corrected chi connectivity index (χ4v) is 2.73. The zero-order valence-corrected chi connectivity index (χ0v) is 16.0. The number of rotatable bonds is 4. The average Bonchev–Trinajstić information content (AvgIpc) is 2.60. The van der Waals surface area contributed by atoms with Crippen molar-refractivity contribution in [2.45, 2.75) is 0 Å². The fourth-order valence-electron chi connectivity index (χ4n) is 2.73. The van der Waals surface area contributed by atoms with Gasteiger partial charge in [-0.2, -0.15) is 0 Å². The highest BCUT2D eigenvalue weighted by molar-refractivity contribution is 5.99. The number of ether oxygens (including phenoxy) is 1. The minimum atomic E-state index is 0. The van der Waals surface area contributed by atoms with Gasteiger partial charge in [0, 0.05) is 11.5 Å². The Hall–Kier alpha value is -2.63. The third-order valence-electron chi connectivity index (χ3n) is 4.04. The first-order valence-corrected chi connectivity index (χ1v) is 8.03. The first-order chi connectivity index (χ1) is 11.9. The molecule has 0 heterocycles. The maximum absolute atomic E-state index is 10.8. The molecule has 0 bridgehead atoms. The second-order valence-corrected chi connectivity index (χ2v) is 6.70. The van der Waals surface area contributed by atoms with Crippen molar-refractivity contribution >= 4 is 27.8 Å². The van der Waals surface area contributed by atoms with E-state index in [2.05, 4.69) is 10.2 Å². The van der Waals surface area contributed by atoms with E-state index in [0.717, 1.165) is 16.5 Å². The summed E-state index contributed by atoms with van der Waals surface area (Å²) in [5.74, 6) is 0.780. The molecular formula is C20H22ClN3O2. The highest BCUT2D eigenvalue weighted by atomic mass is 35.5. The highest BCUT2D eigenvalue weighted by Gasteiger charge is 2.23. The Kier molecular flexibility index (Phi) is 5.85. The molecule has 0 aliphatic heterocycles. The Morgan fingerprint density at radius 2 is 1.58 bits per heavy atom. The third kappa shape index (κ3) is 3.79. The molecular weight excluding hydrogens is 350 g/mol. The van der Waals surface area contributed by atoms with Crippen LogP contribution in [-0.4, -0.2) is 33.4 Å². The predicted molar refractivity (Wildman–Crippen MR) is 102 cm³/mol. The van der Waals surface area contributed by atoms with Crippen LogP contribution in [0.1, 0.15) is 0 Å². The van der Waals surface area contributed by atoms with Gasteiger partial charge in [0.1, 0.15) is 17.1 Å². The molecule has 0 aliphatic rings. The number of nitrogens with zero attached hydrogens (tertiary/aromatic N) is 3. The van der Waals surface area contributed by atoms with Crippen LogP contribution in [0.4, 0.5) is 17.1 Å². The van der Waals surface area contributed by atoms with Gasteiger partial charge >= 0.3 is 0 Å². The monoisotopic (exact) mass is 371 g/mol. The number of para-hydroxylation sites is 1. The molecule has 3 aromatic carbocycles. The van der Waals surface area contributed by atoms with E-state index in [1.54, 1.807) is 7.11 Å². The average molecular weight is 372 g/mol. The number of quaternary nitrogens is 1. The van der Waals surface area contributed by atoms with Crippen molar-refractivity contribution in [2.75, 3.05) is 28.3 Å². The number of benzene rings is 3. The molecule has 5 nitrogen and oxygen atoms in total. The standard InChI is InChI=1S/C20H21N3O2.ClH/c1-23(2,3)17-13-14-9-5-6-10-15(14)19(20(17)24)22-21-16-11-7-8-12-18(16)25-4;/h5-13H,1-4H3;1H. The van der Waals surface area contributed by atoms with Gasteiger partial charge < -0.3 is 22.3 Å². The van der Waals surface area contributed by atoms with Gasteiger partial charge in [-0.3, -0.25) is 4.48 Å². The molecule has 6 heteroatoms. The lowest BCUT2D eigenvalue weighted by Gasteiger charge is -2.25. The molecule has 136 valence electrons. The van der Waals surface area contributed by atoms with E-state index in [4.69, 9.17) is 4.74 Å². The van der Waals surface area contributed by atoms with Gasteiger partial charge in [-0.1, -0.05) is 36.4 Å². The Bertz CT molecular complexity index is 949. The lowest BCUT2D eigenvalue weighted by molar-refractivity contribution is -0.00000659. The lowest BCUT2D eigenvalue weighted by Crippen LogP contribution is -3.00. The van der Waals surface area contributed by atoms with Crippen LogP contribution in [0.15, 0.2) is 64.8 Å². The van der Waals surface area contributed by atoms with Gasteiger partial charge in [0.2, 0.25) is 5.75 Å². The number of azo groups is 1. The highest BCUT2D eigenvalue weighted by Crippen LogP contribution is 2.44. The molecule has 0 aromatic heterocycles. The number of phenols is 1. The number of methoxy groups -OCH3 is 1. The van der Waals surface area contributed by atoms with Crippen LogP contribution in [0.2, 0.25) is 0 Å². The molecule has 0 saturated heterocycles. The zero-order valence-electron chi connectivity index (χ0n) is 15.3. The third-order valence-corrected chi connectivity index (χ3v) is 4.04. The van der Waals surface area contributed by atoms with Gasteiger partial charge in [-0.05, 0) is 17.5 Å². The van der Waals surface area contributed by atoms with Crippen LogP contribution >= 0.6 is 0 Å². The minimum Gasteiger partial charge on any atom is -1.00 e. The fraction of sp³-hybridized carbons (Fsp3) is 0.200. The van der Waals surface area contributed by atoms with E-state index in [0.29, 0.717) is 21.6 Å². The normalized spacial score (nSPS) is 11.5. The number of halogens is 1. The molecule has 0 aliphatic carbocycles. The van der Waals surface area contributed by atoms with Crippen LogP contribution in [0.25, 0.3) is 10.8 Å². The molecule has 26 heavy (non-hydrogen) atoms. The molecule has 0 saturated carbocycles. The van der Waals surface area contributed by atoms with Crippen molar-refractivity contribution in [3.63, 3.8) is 0 Å². The molecule has 0 fully saturated rings. The topological polar surface area (TPSA) is 54.2 Å². The number of phenolic OH excluding ortho intramolecular Hbond substituents is 1. The summed E-state index contributed by atoms with van der Waals surface area (Å²) in [5, 5.41) is 21.4. The van der Waals surface area contributed by atoms with E-state index < -0.39 is 0 Å². The second kappa shape index (κ2) is 7.72. The maximum Gasteiger partial charge on any atom is 0.206 e. The number of fused-ring (bicyclic) bond motifs is 1. The van der Waals surface area contributed by atoms with E-state index in [9.17, 15) is 5.11 Å². The quantitative estimate of drug-likeness (QED) is 0.564. The smallest absolute Gasteiger partial charge is 0.206 e. The molecule has 3 aromatic rings. The molecule has 0 atom stereocenters. The summed E-state index contributed by atoms with van der Waals surface area (Å²) in [4.78, 5) is 0. The molecule has 1 N–H and O–H groups in total. The Labute approximate surface area is 159 Å². The van der Waals surface area contributed by atoms with Gasteiger partial charge in [0.05, 0.1) is 28.3 Å². The second-order valence-electron chi connectivity index (χ2n) is 6.70. The Balaban J connectivity index is 0.00000243. The molecule has 0 spiro atoms. The summed E-state index contributed by atoms with van der Waals surface area (Å²) >= 11 is 0. The van der Waals surface area contributed by atoms with Crippen LogP contribution in [0, 0.1) is 0 Å². The van der Waals surface area contributed by atoms with Crippen LogP contribution in [-0.2, 0) is 0 Å². The van der Waals surface area contributed by atoms with Crippen molar-refractivity contribution in [3.05, 3.63) is 54.6 Å². The predicted octanol–water partition coefficient (Wildman–Crippen LogP) is 2.17. The minimum absolute atomic E-state index is 0. The summed E-state index contributed by atoms with van der Waals surface area (Å²) in [6.45, 7) is 0. The SMILES string of the molecule is COc1ccccc1N=Nc1c(O)c([N+](C)(C)C)cc2ccccc12.[Cl-]. The van der Waals surface area contributed by atoms with E-state index in [-0.39, 0.29) is 18.2 Å². The van der Waals surface area contributed by atoms with Gasteiger partial charge in [-0.25, -0.2) is 0 Å². The van der Waals surface area contributed by atoms with Crippen molar-refractivity contribution in [1.82, 2.24) is 4.48 Å². The molecule has 3 rings (SSSR count). The first-order valence-electron chi connectivity index (χ1n) is 8.03. The summed E-state index contributed by atoms with van der Waals surface area (Å²) in [6.07, 6.45) is 0. The van der Waals surface area contributed by atoms with Crippen molar-refractivity contribution in [3.8, 4) is 11.5 Å². The van der Waals surface area contributed by atoms with Crippen LogP contribution in [0.3, 0.4) is 0 Å². The zero-order chi connectivity index (χ0) is 18.0. The summed E-state index contributed by atoms with van der Waals surface area (Å²) < 4.78 is 5.79. The Morgan fingerprint density at radius 1 is 0.923 bits per heavy atom. The molecule has 0 amide bonds. The lowest BCUT2D eigenvalue weighted by atomic mass is 10.1. The van der Waals surface area contributed by atoms with Gasteiger partial charge in [0.25, 0.3) is 0 Å². The van der Waals surface area contributed by atoms with E-state index >= 15 is 0 Å². The summed E-state index contributed by atoms with van der Waals surface area (Å²) in [7, 11) is 7.61. The van der Waals surface area contributed by atoms with Crippen LogP contribution < -0.4 is 21.6 Å². The van der Waals surface area contributed by atoms with Crippen molar-refractivity contribution in [1.29, 1.82) is 0 Å². The summed E-state index contributed by atoms with van der Waals surface area (Å²) in [6, 6.07) is 17.2. The largest absolute Gasteiger partial charge is 1.00 e. The number of hydrogen-bond acceptors (Lipinski definition) is 4. The van der Waals surface area contributed by atoms with Gasteiger partial charge in [-0.15, -0.1) is 10.2 Å². The maximum atomic E-state index is 10.8. The number of aromatic hydroxyl groups is 1. The van der Waals surface area contributed by atoms with Gasteiger partial charge in [0.15, 0.2) is 5.69 Å². The molecule has 0 radical (unpaired) electrons. The first kappa shape index (κ1) is 19.7. The van der Waals surface area contributed by atoms with Crippen molar-refractivity contribution in [2.24, 2.45) is 10.2 Å². The van der Waals surface area contributed by atoms with Crippen molar-refractivity contribution < 1.29 is 22.3 Å². The van der Waals surface area contributed by atoms with E-state index in [1.807, 2.05) is 75.7 Å².